The zero-order chi connectivity index (χ0) is 23.1. The summed E-state index contributed by atoms with van der Waals surface area (Å²) in [5, 5.41) is 23.3. The lowest BCUT2D eigenvalue weighted by atomic mass is 10.1. The summed E-state index contributed by atoms with van der Waals surface area (Å²) in [5.74, 6) is -0.251. The van der Waals surface area contributed by atoms with Crippen LogP contribution in [0.2, 0.25) is 0 Å². The number of thioether (sulfide) groups is 1. The Morgan fingerprint density at radius 1 is 1.16 bits per heavy atom. The number of para-hydroxylation sites is 1. The van der Waals surface area contributed by atoms with E-state index in [9.17, 15) is 24.8 Å². The Hall–Kier alpha value is -3.24. The third-order valence-corrected chi connectivity index (χ3v) is 6.12. The highest BCUT2D eigenvalue weighted by Crippen LogP contribution is 2.34. The number of nitro groups is 1. The van der Waals surface area contributed by atoms with Crippen molar-refractivity contribution in [2.75, 3.05) is 11.9 Å². The first kappa shape index (κ1) is 23.4. The minimum absolute atomic E-state index is 0.0332. The average Bonchev–Trinajstić information content (AvgIpc) is 3.02. The predicted molar refractivity (Wildman–Crippen MR) is 128 cm³/mol. The minimum atomic E-state index is -0.495. The van der Waals surface area contributed by atoms with E-state index in [1.54, 1.807) is 35.2 Å². The molecule has 0 spiro atoms. The quantitative estimate of drug-likeness (QED) is 0.179. The van der Waals surface area contributed by atoms with Gasteiger partial charge >= 0.3 is 0 Å². The summed E-state index contributed by atoms with van der Waals surface area (Å²) in [6.07, 6.45) is 4.02. The average molecular weight is 472 g/mol. The molecule has 0 aromatic heterocycles. The Balaban J connectivity index is 1.41. The van der Waals surface area contributed by atoms with E-state index < -0.39 is 4.92 Å². The molecule has 2 aromatic carbocycles. The third-order valence-electron chi connectivity index (χ3n) is 4.74. The Labute approximate surface area is 194 Å². The fraction of sp³-hybridized carbons (Fsp3) is 0.227. The highest BCUT2D eigenvalue weighted by atomic mass is 32.2. The summed E-state index contributed by atoms with van der Waals surface area (Å²) >= 11 is 6.53. The number of anilines is 1. The zero-order valence-corrected chi connectivity index (χ0v) is 18.7. The maximum absolute atomic E-state index is 12.6. The van der Waals surface area contributed by atoms with Crippen LogP contribution >= 0.6 is 24.0 Å². The fourth-order valence-corrected chi connectivity index (χ4v) is 4.37. The molecule has 1 saturated heterocycles. The van der Waals surface area contributed by atoms with Crippen LogP contribution < -0.4 is 5.32 Å². The van der Waals surface area contributed by atoms with Gasteiger partial charge in [-0.3, -0.25) is 24.6 Å². The topological polar surface area (TPSA) is 113 Å². The number of nitro benzene ring substituents is 1. The van der Waals surface area contributed by atoms with Gasteiger partial charge in [-0.1, -0.05) is 48.6 Å². The first-order chi connectivity index (χ1) is 15.3. The number of phenols is 1. The lowest BCUT2D eigenvalue weighted by Crippen LogP contribution is -2.29. The number of hydrogen-bond donors (Lipinski definition) is 2. The molecular weight excluding hydrogens is 450 g/mol. The Bertz CT molecular complexity index is 1070. The molecule has 1 fully saturated rings. The van der Waals surface area contributed by atoms with E-state index in [1.807, 2.05) is 0 Å². The molecule has 1 heterocycles. The molecule has 0 bridgehead atoms. The lowest BCUT2D eigenvalue weighted by molar-refractivity contribution is -0.384. The maximum atomic E-state index is 12.6. The van der Waals surface area contributed by atoms with Crippen LogP contribution in [0.4, 0.5) is 11.4 Å². The molecule has 0 aliphatic carbocycles. The van der Waals surface area contributed by atoms with Crippen molar-refractivity contribution in [3.63, 3.8) is 0 Å². The normalized spacial score (nSPS) is 14.8. The standard InChI is InChI=1S/C22H21N3O5S2/c26-18-7-4-3-6-15(18)14-19-21(28)24(22(31)32-19)13-5-1-2-8-20(27)23-16-9-11-17(12-10-16)25(29)30/h3-4,6-7,9-12,14,26H,1-2,5,8,13H2,(H,23,27)/b19-14-. The number of aromatic hydroxyl groups is 1. The van der Waals surface area contributed by atoms with Gasteiger partial charge in [-0.15, -0.1) is 0 Å². The van der Waals surface area contributed by atoms with Crippen LogP contribution in [0.25, 0.3) is 6.08 Å². The number of benzene rings is 2. The molecule has 2 amide bonds. The van der Waals surface area contributed by atoms with E-state index in [0.717, 1.165) is 6.42 Å². The number of rotatable bonds is 9. The van der Waals surface area contributed by atoms with Crippen LogP contribution in [-0.4, -0.2) is 37.6 Å². The second-order valence-corrected chi connectivity index (χ2v) is 8.73. The van der Waals surface area contributed by atoms with Gasteiger partial charge < -0.3 is 10.4 Å². The molecule has 10 heteroatoms. The Kier molecular flexibility index (Phi) is 7.96. The van der Waals surface area contributed by atoms with Crippen molar-refractivity contribution < 1.29 is 19.6 Å². The van der Waals surface area contributed by atoms with Crippen molar-refractivity contribution in [2.24, 2.45) is 0 Å². The second kappa shape index (κ2) is 10.9. The van der Waals surface area contributed by atoms with Crippen LogP contribution in [-0.2, 0) is 9.59 Å². The van der Waals surface area contributed by atoms with E-state index >= 15 is 0 Å². The highest BCUT2D eigenvalue weighted by Gasteiger charge is 2.31. The predicted octanol–water partition coefficient (Wildman–Crippen LogP) is 4.70. The number of nitrogens with one attached hydrogen (secondary N) is 1. The summed E-state index contributed by atoms with van der Waals surface area (Å²) in [5.41, 5.74) is 1.04. The van der Waals surface area contributed by atoms with Crippen LogP contribution in [0.1, 0.15) is 31.2 Å². The van der Waals surface area contributed by atoms with Crippen molar-refractivity contribution in [2.45, 2.75) is 25.7 Å². The van der Waals surface area contributed by atoms with Gasteiger partial charge in [-0.05, 0) is 37.1 Å². The lowest BCUT2D eigenvalue weighted by Gasteiger charge is -2.14. The molecule has 0 unspecified atom stereocenters. The van der Waals surface area contributed by atoms with Crippen LogP contribution in [0.3, 0.4) is 0 Å². The third kappa shape index (κ3) is 6.14. The number of unbranched alkanes of at least 4 members (excludes halogenated alkanes) is 2. The van der Waals surface area contributed by atoms with Crippen molar-refractivity contribution in [1.29, 1.82) is 0 Å². The molecule has 1 aliphatic rings. The molecule has 3 rings (SSSR count). The molecule has 0 radical (unpaired) electrons. The van der Waals surface area contributed by atoms with Gasteiger partial charge in [0.25, 0.3) is 11.6 Å². The molecule has 2 N–H and O–H groups in total. The second-order valence-electron chi connectivity index (χ2n) is 7.05. The molecule has 0 atom stereocenters. The van der Waals surface area contributed by atoms with Crippen LogP contribution in [0.15, 0.2) is 53.4 Å². The molecule has 2 aromatic rings. The maximum Gasteiger partial charge on any atom is 0.269 e. The molecule has 8 nitrogen and oxygen atoms in total. The summed E-state index contributed by atoms with van der Waals surface area (Å²) in [6, 6.07) is 12.4. The molecule has 1 aliphatic heterocycles. The largest absolute Gasteiger partial charge is 0.507 e. The summed E-state index contributed by atoms with van der Waals surface area (Å²) < 4.78 is 0.479. The van der Waals surface area contributed by atoms with Crippen molar-refractivity contribution in [1.82, 2.24) is 4.90 Å². The monoisotopic (exact) mass is 471 g/mol. The molecule has 166 valence electrons. The van der Waals surface area contributed by atoms with Gasteiger partial charge in [0.2, 0.25) is 5.91 Å². The minimum Gasteiger partial charge on any atom is -0.507 e. The summed E-state index contributed by atoms with van der Waals surface area (Å²) in [4.78, 5) is 36.9. The van der Waals surface area contributed by atoms with E-state index in [0.29, 0.717) is 46.3 Å². The SMILES string of the molecule is O=C(CCCCCN1C(=O)/C(=C/c2ccccc2O)SC1=S)Nc1ccc([N+](=O)[O-])cc1. The number of phenolic OH excluding ortho intramolecular Hbond substituents is 1. The molecular formula is C22H21N3O5S2. The zero-order valence-electron chi connectivity index (χ0n) is 17.0. The fourth-order valence-electron chi connectivity index (χ4n) is 3.07. The van der Waals surface area contributed by atoms with Crippen molar-refractivity contribution >= 4 is 57.6 Å². The smallest absolute Gasteiger partial charge is 0.269 e. The summed E-state index contributed by atoms with van der Waals surface area (Å²) in [7, 11) is 0. The molecule has 32 heavy (non-hydrogen) atoms. The molecule has 0 saturated carbocycles. The van der Waals surface area contributed by atoms with E-state index in [2.05, 4.69) is 5.32 Å². The van der Waals surface area contributed by atoms with E-state index in [-0.39, 0.29) is 23.3 Å². The van der Waals surface area contributed by atoms with Crippen LogP contribution in [0.5, 0.6) is 5.75 Å². The number of thiocarbonyl (C=S) groups is 1. The van der Waals surface area contributed by atoms with Gasteiger partial charge in [0.1, 0.15) is 10.1 Å². The number of non-ortho nitro benzene ring substituents is 1. The summed E-state index contributed by atoms with van der Waals surface area (Å²) in [6.45, 7) is 0.465. The van der Waals surface area contributed by atoms with Gasteiger partial charge in [-0.2, -0.15) is 0 Å². The first-order valence-corrected chi connectivity index (χ1v) is 11.2. The number of hydrogen-bond acceptors (Lipinski definition) is 7. The van der Waals surface area contributed by atoms with Crippen LogP contribution in [0, 0.1) is 10.1 Å². The van der Waals surface area contributed by atoms with Crippen molar-refractivity contribution in [3.8, 4) is 5.75 Å². The van der Waals surface area contributed by atoms with Gasteiger partial charge in [0, 0.05) is 36.3 Å². The highest BCUT2D eigenvalue weighted by molar-refractivity contribution is 8.26. The van der Waals surface area contributed by atoms with Gasteiger partial charge in [0.15, 0.2) is 0 Å². The first-order valence-electron chi connectivity index (χ1n) is 9.93. The Morgan fingerprint density at radius 3 is 2.56 bits per heavy atom. The van der Waals surface area contributed by atoms with E-state index in [4.69, 9.17) is 12.2 Å². The number of amides is 2. The van der Waals surface area contributed by atoms with Gasteiger partial charge in [0.05, 0.1) is 9.83 Å². The van der Waals surface area contributed by atoms with E-state index in [1.165, 1.54) is 36.0 Å². The van der Waals surface area contributed by atoms with Crippen molar-refractivity contribution in [3.05, 3.63) is 69.1 Å². The number of nitrogens with zero attached hydrogens (tertiary/aromatic N) is 2. The Morgan fingerprint density at radius 2 is 1.88 bits per heavy atom. The number of carbonyl (C=O) groups is 2. The number of carbonyl (C=O) groups excluding carboxylic acids is 2. The van der Waals surface area contributed by atoms with Gasteiger partial charge in [-0.25, -0.2) is 0 Å².